The van der Waals surface area contributed by atoms with E-state index in [1.165, 1.54) is 18.2 Å². The number of anilines is 1. The van der Waals surface area contributed by atoms with Crippen LogP contribution >= 0.6 is 23.2 Å². The zero-order chi connectivity index (χ0) is 17.6. The number of ether oxygens (including phenoxy) is 1. The number of esters is 1. The van der Waals surface area contributed by atoms with Gasteiger partial charge in [0.1, 0.15) is 5.92 Å². The summed E-state index contributed by atoms with van der Waals surface area (Å²) in [7, 11) is 1.09. The number of halogens is 2. The van der Waals surface area contributed by atoms with Crippen molar-refractivity contribution in [2.45, 2.75) is 6.04 Å². The van der Waals surface area contributed by atoms with Gasteiger partial charge in [0.25, 0.3) is 5.91 Å². The average Bonchev–Trinajstić information content (AvgIpc) is 3.07. The van der Waals surface area contributed by atoms with Crippen LogP contribution in [0.25, 0.3) is 0 Å². The number of hydrogen-bond acceptors (Lipinski definition) is 7. The van der Waals surface area contributed by atoms with Crippen LogP contribution in [0.3, 0.4) is 0 Å². The topological polar surface area (TPSA) is 109 Å². The minimum Gasteiger partial charge on any atom is -0.464 e. The first-order chi connectivity index (χ1) is 11.4. The number of carbonyl (C=O) groups is 3. The molecule has 0 aliphatic carbocycles. The van der Waals surface area contributed by atoms with Gasteiger partial charge < -0.3 is 4.74 Å². The Labute approximate surface area is 144 Å². The van der Waals surface area contributed by atoms with E-state index in [0.717, 1.165) is 12.0 Å². The first-order valence-electron chi connectivity index (χ1n) is 6.53. The SMILES string of the molecule is COC(=O)C1=NN(N=O)[C@@H]2C(=O)N(c3ccc(Cl)c(Cl)c3)C(=O)[C@H]12. The predicted molar refractivity (Wildman–Crippen MR) is 83.3 cm³/mol. The molecule has 2 amide bonds. The molecule has 1 aromatic rings. The van der Waals surface area contributed by atoms with Gasteiger partial charge in [-0.05, 0) is 18.2 Å². The summed E-state index contributed by atoms with van der Waals surface area (Å²) in [5.74, 6) is -3.70. The van der Waals surface area contributed by atoms with Crippen molar-refractivity contribution in [3.05, 3.63) is 33.2 Å². The molecule has 1 fully saturated rings. The summed E-state index contributed by atoms with van der Waals surface area (Å²) in [6.45, 7) is 0. The molecule has 9 nitrogen and oxygen atoms in total. The molecule has 0 saturated carbocycles. The summed E-state index contributed by atoms with van der Waals surface area (Å²) in [5, 5.41) is 7.06. The molecule has 124 valence electrons. The molecule has 2 aliphatic rings. The smallest absolute Gasteiger partial charge is 0.355 e. The third-order valence-electron chi connectivity index (χ3n) is 3.67. The molecule has 2 aliphatic heterocycles. The molecule has 2 atom stereocenters. The van der Waals surface area contributed by atoms with E-state index in [9.17, 15) is 19.3 Å². The Morgan fingerprint density at radius 1 is 1.25 bits per heavy atom. The number of nitroso groups, excluding NO2 is 1. The van der Waals surface area contributed by atoms with Gasteiger partial charge in [0.05, 0.1) is 28.1 Å². The monoisotopic (exact) mass is 370 g/mol. The highest BCUT2D eigenvalue weighted by atomic mass is 35.5. The number of benzene rings is 1. The largest absolute Gasteiger partial charge is 0.464 e. The van der Waals surface area contributed by atoms with E-state index >= 15 is 0 Å². The van der Waals surface area contributed by atoms with E-state index in [1.807, 2.05) is 0 Å². The number of hydrogen-bond donors (Lipinski definition) is 0. The Bertz CT molecular complexity index is 812. The molecule has 0 bridgehead atoms. The van der Waals surface area contributed by atoms with E-state index in [0.29, 0.717) is 5.12 Å². The number of rotatable bonds is 3. The van der Waals surface area contributed by atoms with Crippen molar-refractivity contribution >= 4 is 52.4 Å². The Hall–Kier alpha value is -2.52. The lowest BCUT2D eigenvalue weighted by Gasteiger charge is -2.17. The van der Waals surface area contributed by atoms with Gasteiger partial charge >= 0.3 is 5.97 Å². The van der Waals surface area contributed by atoms with E-state index in [2.05, 4.69) is 15.1 Å². The number of amides is 2. The van der Waals surface area contributed by atoms with Crippen LogP contribution in [-0.4, -0.2) is 41.8 Å². The normalized spacial score (nSPS) is 22.5. The number of carbonyl (C=O) groups excluding carboxylic acids is 3. The molecule has 24 heavy (non-hydrogen) atoms. The Kier molecular flexibility index (Phi) is 3.98. The van der Waals surface area contributed by atoms with Crippen molar-refractivity contribution in [3.63, 3.8) is 0 Å². The minimum absolute atomic E-state index is 0.138. The molecule has 2 heterocycles. The summed E-state index contributed by atoms with van der Waals surface area (Å²) in [6.07, 6.45) is 0. The van der Waals surface area contributed by atoms with Gasteiger partial charge in [-0.3, -0.25) is 9.59 Å². The second-order valence-electron chi connectivity index (χ2n) is 4.91. The fourth-order valence-corrected chi connectivity index (χ4v) is 2.90. The lowest BCUT2D eigenvalue weighted by molar-refractivity contribution is -0.133. The van der Waals surface area contributed by atoms with Gasteiger partial charge in [0.2, 0.25) is 5.91 Å². The van der Waals surface area contributed by atoms with Crippen LogP contribution in [0, 0.1) is 10.8 Å². The first kappa shape index (κ1) is 16.3. The Morgan fingerprint density at radius 3 is 2.54 bits per heavy atom. The molecule has 1 aromatic carbocycles. The van der Waals surface area contributed by atoms with Crippen molar-refractivity contribution in [3.8, 4) is 0 Å². The number of hydrazone groups is 1. The maximum atomic E-state index is 12.7. The molecular formula is C13H8Cl2N4O5. The van der Waals surface area contributed by atoms with Gasteiger partial charge in [0, 0.05) is 0 Å². The zero-order valence-electron chi connectivity index (χ0n) is 12.0. The zero-order valence-corrected chi connectivity index (χ0v) is 13.5. The second kappa shape index (κ2) is 5.84. The second-order valence-corrected chi connectivity index (χ2v) is 5.73. The van der Waals surface area contributed by atoms with E-state index in [-0.39, 0.29) is 21.4 Å². The molecule has 0 N–H and O–H groups in total. The van der Waals surface area contributed by atoms with E-state index in [1.54, 1.807) is 0 Å². The highest BCUT2D eigenvalue weighted by Gasteiger charge is 2.59. The molecule has 0 unspecified atom stereocenters. The van der Waals surface area contributed by atoms with Crippen LogP contribution in [0.5, 0.6) is 0 Å². The van der Waals surface area contributed by atoms with Gasteiger partial charge in [-0.15, -0.1) is 15.1 Å². The minimum atomic E-state index is -1.33. The van der Waals surface area contributed by atoms with E-state index < -0.39 is 29.7 Å². The van der Waals surface area contributed by atoms with Crippen LogP contribution in [0.1, 0.15) is 0 Å². The summed E-state index contributed by atoms with van der Waals surface area (Å²) < 4.78 is 4.53. The van der Waals surface area contributed by atoms with Crippen LogP contribution in [0.15, 0.2) is 28.6 Å². The molecule has 3 rings (SSSR count). The highest BCUT2D eigenvalue weighted by molar-refractivity contribution is 6.47. The third-order valence-corrected chi connectivity index (χ3v) is 4.41. The van der Waals surface area contributed by atoms with Crippen molar-refractivity contribution in [2.75, 3.05) is 12.0 Å². The molecule has 11 heteroatoms. The quantitative estimate of drug-likeness (QED) is 0.451. The number of methoxy groups -OCH3 is 1. The maximum Gasteiger partial charge on any atom is 0.355 e. The van der Waals surface area contributed by atoms with Crippen molar-refractivity contribution in [2.24, 2.45) is 16.3 Å². The summed E-state index contributed by atoms with van der Waals surface area (Å²) in [4.78, 5) is 48.7. The molecule has 0 aromatic heterocycles. The lowest BCUT2D eigenvalue weighted by atomic mass is 9.98. The highest BCUT2D eigenvalue weighted by Crippen LogP contribution is 2.37. The predicted octanol–water partition coefficient (Wildman–Crippen LogP) is 1.38. The van der Waals surface area contributed by atoms with E-state index in [4.69, 9.17) is 23.2 Å². The summed E-state index contributed by atoms with van der Waals surface area (Å²) in [6, 6.07) is 2.82. The Morgan fingerprint density at radius 2 is 1.96 bits per heavy atom. The summed E-state index contributed by atoms with van der Waals surface area (Å²) in [5.41, 5.74) is -0.202. The first-order valence-corrected chi connectivity index (χ1v) is 7.28. The van der Waals surface area contributed by atoms with Gasteiger partial charge in [-0.1, -0.05) is 23.2 Å². The molecule has 0 radical (unpaired) electrons. The van der Waals surface area contributed by atoms with Crippen molar-refractivity contribution in [1.29, 1.82) is 0 Å². The molecule has 1 saturated heterocycles. The fourth-order valence-electron chi connectivity index (χ4n) is 2.61. The fraction of sp³-hybridized carbons (Fsp3) is 0.231. The van der Waals surface area contributed by atoms with Crippen LogP contribution in [0.4, 0.5) is 5.69 Å². The van der Waals surface area contributed by atoms with Gasteiger partial charge in [-0.25, -0.2) is 9.69 Å². The number of imide groups is 1. The Balaban J connectivity index is 2.05. The maximum absolute atomic E-state index is 12.7. The van der Waals surface area contributed by atoms with Crippen molar-refractivity contribution in [1.82, 2.24) is 5.12 Å². The van der Waals surface area contributed by atoms with Gasteiger partial charge in [0.15, 0.2) is 11.8 Å². The third kappa shape index (κ3) is 2.24. The number of fused-ring (bicyclic) bond motifs is 1. The van der Waals surface area contributed by atoms with Crippen molar-refractivity contribution < 1.29 is 19.1 Å². The molecule has 0 spiro atoms. The van der Waals surface area contributed by atoms with Crippen LogP contribution in [0.2, 0.25) is 10.0 Å². The summed E-state index contributed by atoms with van der Waals surface area (Å²) >= 11 is 11.7. The molecular weight excluding hydrogens is 363 g/mol. The number of nitrogens with zero attached hydrogens (tertiary/aromatic N) is 4. The lowest BCUT2D eigenvalue weighted by Crippen LogP contribution is -2.36. The average molecular weight is 371 g/mol. The standard InChI is InChI=1S/C13H8Cl2N4O5/c1-24-13(22)9-8-10(19(16-9)17-23)12(21)18(11(8)20)5-2-3-6(14)7(15)4-5/h2-4,8,10H,1H3/t8-,10+/m1/s1. The van der Waals surface area contributed by atoms with Crippen LogP contribution < -0.4 is 4.90 Å². The van der Waals surface area contributed by atoms with Crippen LogP contribution in [-0.2, 0) is 19.1 Å². The van der Waals surface area contributed by atoms with Gasteiger partial charge in [-0.2, -0.15) is 0 Å².